The topological polar surface area (TPSA) is 0 Å². The van der Waals surface area contributed by atoms with Gasteiger partial charge in [-0.1, -0.05) is 285 Å². The molecule has 0 heterocycles. The summed E-state index contributed by atoms with van der Waals surface area (Å²) < 4.78 is 0. The standard InChI is InChI=1S/C71H68/c1-3-5-7-9-11-29-47-71(48-30-12-10-8-6-4-2)63-42-28-27-40-59(63)60-46-44-56(50-64(60)71)55-43-45-58-57-39-25-26-41-61(57)69-67(53-35-21-15-22-36-53)65(51-31-17-13-18-32-51)66(52-33-19-14-20-34-52)68(70(69)62(58)49-55)54-37-23-16-24-38-54/h13-28,31-46,49-50H,3-12,29-30,47-48H2,1-2H3. The van der Waals surface area contributed by atoms with Crippen molar-refractivity contribution in [2.75, 3.05) is 0 Å². The first kappa shape index (κ1) is 46.4. The van der Waals surface area contributed by atoms with Crippen LogP contribution in [0.2, 0.25) is 0 Å². The van der Waals surface area contributed by atoms with Gasteiger partial charge in [-0.15, -0.1) is 0 Å². The van der Waals surface area contributed by atoms with Gasteiger partial charge in [-0.25, -0.2) is 0 Å². The average molecular weight is 921 g/mol. The van der Waals surface area contributed by atoms with Gasteiger partial charge in [0.05, 0.1) is 0 Å². The molecular weight excluding hydrogens is 853 g/mol. The Morgan fingerprint density at radius 2 is 0.662 bits per heavy atom. The monoisotopic (exact) mass is 921 g/mol. The fourth-order valence-electron chi connectivity index (χ4n) is 12.7. The molecule has 352 valence electrons. The summed E-state index contributed by atoms with van der Waals surface area (Å²) in [5, 5.41) is 7.74. The van der Waals surface area contributed by atoms with E-state index in [1.807, 2.05) is 0 Å². The summed E-state index contributed by atoms with van der Waals surface area (Å²) in [4.78, 5) is 0. The Morgan fingerprint density at radius 3 is 1.21 bits per heavy atom. The number of benzene rings is 10. The molecule has 0 fully saturated rings. The summed E-state index contributed by atoms with van der Waals surface area (Å²) in [5.74, 6) is 0. The number of rotatable bonds is 19. The molecule has 0 radical (unpaired) electrons. The van der Waals surface area contributed by atoms with Crippen LogP contribution in [0.15, 0.2) is 206 Å². The third-order valence-corrected chi connectivity index (χ3v) is 16.0. The molecule has 0 saturated carbocycles. The average Bonchev–Trinajstić information content (AvgIpc) is 3.71. The van der Waals surface area contributed by atoms with Crippen molar-refractivity contribution in [3.8, 4) is 66.8 Å². The largest absolute Gasteiger partial charge is 0.0654 e. The zero-order chi connectivity index (χ0) is 48.0. The molecule has 71 heavy (non-hydrogen) atoms. The van der Waals surface area contributed by atoms with Crippen molar-refractivity contribution >= 4 is 32.3 Å². The second-order valence-electron chi connectivity index (χ2n) is 20.4. The second-order valence-corrected chi connectivity index (χ2v) is 20.4. The molecule has 10 aromatic carbocycles. The third kappa shape index (κ3) is 8.82. The van der Waals surface area contributed by atoms with Crippen LogP contribution in [0.3, 0.4) is 0 Å². The first-order valence-corrected chi connectivity index (χ1v) is 27.1. The first-order chi connectivity index (χ1) is 35.2. The SMILES string of the molecule is CCCCCCCCC1(CCCCCCCC)c2ccccc2-c2ccc(-c3ccc4c5ccccc5c5c(-c6ccccc6)c(-c6ccccc6)c(-c6ccccc6)c(-c6ccccc6)c5c4c3)cc21. The molecule has 0 amide bonds. The highest BCUT2D eigenvalue weighted by Gasteiger charge is 2.42. The molecule has 11 rings (SSSR count). The molecule has 0 heteroatoms. The molecule has 0 spiro atoms. The van der Waals surface area contributed by atoms with Gasteiger partial charge in [0.15, 0.2) is 0 Å². The fourth-order valence-corrected chi connectivity index (χ4v) is 12.7. The third-order valence-electron chi connectivity index (χ3n) is 16.0. The van der Waals surface area contributed by atoms with E-state index in [1.165, 1.54) is 189 Å². The maximum Gasteiger partial charge on any atom is 0.0215 e. The van der Waals surface area contributed by atoms with Crippen LogP contribution >= 0.6 is 0 Å². The zero-order valence-electron chi connectivity index (χ0n) is 42.0. The Hall–Kier alpha value is -7.02. The van der Waals surface area contributed by atoms with Crippen LogP contribution < -0.4 is 0 Å². The highest BCUT2D eigenvalue weighted by molar-refractivity contribution is 6.35. The van der Waals surface area contributed by atoms with Crippen molar-refractivity contribution in [1.82, 2.24) is 0 Å². The molecule has 0 unspecified atom stereocenters. The summed E-state index contributed by atoms with van der Waals surface area (Å²) in [6.07, 6.45) is 18.2. The van der Waals surface area contributed by atoms with E-state index >= 15 is 0 Å². The van der Waals surface area contributed by atoms with Crippen molar-refractivity contribution in [2.24, 2.45) is 0 Å². The minimum absolute atomic E-state index is 0.0146. The number of unbranched alkanes of at least 4 members (excludes halogenated alkanes) is 10. The summed E-state index contributed by atoms with van der Waals surface area (Å²) in [7, 11) is 0. The summed E-state index contributed by atoms with van der Waals surface area (Å²) in [5.41, 5.74) is 18.6. The summed E-state index contributed by atoms with van der Waals surface area (Å²) >= 11 is 0. The van der Waals surface area contributed by atoms with E-state index in [-0.39, 0.29) is 5.41 Å². The minimum atomic E-state index is 0.0146. The van der Waals surface area contributed by atoms with Gasteiger partial charge in [0, 0.05) is 5.41 Å². The maximum absolute atomic E-state index is 2.64. The van der Waals surface area contributed by atoms with E-state index < -0.39 is 0 Å². The van der Waals surface area contributed by atoms with Crippen LogP contribution in [-0.4, -0.2) is 0 Å². The quantitative estimate of drug-likeness (QED) is 0.0560. The predicted octanol–water partition coefficient (Wildman–Crippen LogP) is 21.2. The number of hydrogen-bond acceptors (Lipinski definition) is 0. The summed E-state index contributed by atoms with van der Waals surface area (Å²) in [6.45, 7) is 4.65. The second kappa shape index (κ2) is 21.1. The number of hydrogen-bond donors (Lipinski definition) is 0. The molecule has 1 aliphatic rings. The van der Waals surface area contributed by atoms with Crippen LogP contribution in [0, 0.1) is 0 Å². The Bertz CT molecular complexity index is 3400. The molecule has 0 aliphatic heterocycles. The lowest BCUT2D eigenvalue weighted by molar-refractivity contribution is 0.398. The Labute approximate surface area is 423 Å². The lowest BCUT2D eigenvalue weighted by atomic mass is 9.70. The van der Waals surface area contributed by atoms with Crippen molar-refractivity contribution in [1.29, 1.82) is 0 Å². The van der Waals surface area contributed by atoms with Crippen molar-refractivity contribution < 1.29 is 0 Å². The van der Waals surface area contributed by atoms with Crippen LogP contribution in [0.25, 0.3) is 99.1 Å². The van der Waals surface area contributed by atoms with Crippen molar-refractivity contribution in [3.63, 3.8) is 0 Å². The fraction of sp³-hybridized carbons (Fsp3) is 0.239. The lowest BCUT2D eigenvalue weighted by Gasteiger charge is -2.33. The smallest absolute Gasteiger partial charge is 0.0215 e. The van der Waals surface area contributed by atoms with Crippen LogP contribution in [0.5, 0.6) is 0 Å². The molecule has 0 aromatic heterocycles. The van der Waals surface area contributed by atoms with E-state index in [2.05, 4.69) is 220 Å². The van der Waals surface area contributed by atoms with Crippen molar-refractivity contribution in [3.05, 3.63) is 217 Å². The van der Waals surface area contributed by atoms with Gasteiger partial charge in [0.1, 0.15) is 0 Å². The van der Waals surface area contributed by atoms with Gasteiger partial charge in [-0.05, 0) is 135 Å². The predicted molar refractivity (Wildman–Crippen MR) is 308 cm³/mol. The summed E-state index contributed by atoms with van der Waals surface area (Å²) in [6, 6.07) is 78.4. The Kier molecular flexibility index (Phi) is 13.8. The molecule has 0 bridgehead atoms. The van der Waals surface area contributed by atoms with Gasteiger partial charge in [0.2, 0.25) is 0 Å². The van der Waals surface area contributed by atoms with E-state index in [4.69, 9.17) is 0 Å². The highest BCUT2D eigenvalue weighted by Crippen LogP contribution is 2.57. The number of fused-ring (bicyclic) bond motifs is 9. The lowest BCUT2D eigenvalue weighted by Crippen LogP contribution is -2.25. The Morgan fingerprint density at radius 1 is 0.268 bits per heavy atom. The van der Waals surface area contributed by atoms with Crippen LogP contribution in [0.4, 0.5) is 0 Å². The van der Waals surface area contributed by atoms with Gasteiger partial charge < -0.3 is 0 Å². The van der Waals surface area contributed by atoms with E-state index in [9.17, 15) is 0 Å². The molecule has 0 saturated heterocycles. The Balaban J connectivity index is 1.19. The van der Waals surface area contributed by atoms with Gasteiger partial charge in [-0.2, -0.15) is 0 Å². The maximum atomic E-state index is 2.64. The van der Waals surface area contributed by atoms with Gasteiger partial charge in [0.25, 0.3) is 0 Å². The molecule has 0 N–H and O–H groups in total. The molecule has 0 nitrogen and oxygen atoms in total. The molecule has 10 aromatic rings. The first-order valence-electron chi connectivity index (χ1n) is 27.1. The van der Waals surface area contributed by atoms with E-state index in [0.717, 1.165) is 0 Å². The normalized spacial score (nSPS) is 12.7. The molecular formula is C71H68. The minimum Gasteiger partial charge on any atom is -0.0654 e. The van der Waals surface area contributed by atoms with E-state index in [0.29, 0.717) is 0 Å². The van der Waals surface area contributed by atoms with Crippen molar-refractivity contribution in [2.45, 2.75) is 109 Å². The van der Waals surface area contributed by atoms with Gasteiger partial charge in [-0.3, -0.25) is 0 Å². The highest BCUT2D eigenvalue weighted by atomic mass is 14.4. The van der Waals surface area contributed by atoms with Gasteiger partial charge >= 0.3 is 0 Å². The van der Waals surface area contributed by atoms with Crippen LogP contribution in [-0.2, 0) is 5.41 Å². The molecule has 0 atom stereocenters. The molecule has 1 aliphatic carbocycles. The zero-order valence-corrected chi connectivity index (χ0v) is 42.0. The van der Waals surface area contributed by atoms with E-state index in [1.54, 1.807) is 11.1 Å². The van der Waals surface area contributed by atoms with Crippen LogP contribution in [0.1, 0.15) is 115 Å².